The summed E-state index contributed by atoms with van der Waals surface area (Å²) in [4.78, 5) is 26.4. The lowest BCUT2D eigenvalue weighted by Gasteiger charge is -2.13. The molecule has 2 aromatic rings. The Hall–Kier alpha value is -1.96. The summed E-state index contributed by atoms with van der Waals surface area (Å²) in [5.41, 5.74) is 1.07. The van der Waals surface area contributed by atoms with Gasteiger partial charge in [0.25, 0.3) is 11.1 Å². The smallest absolute Gasteiger partial charge is 0.293 e. The Morgan fingerprint density at radius 1 is 1.30 bits per heavy atom. The van der Waals surface area contributed by atoms with Crippen molar-refractivity contribution >= 4 is 56.5 Å². The van der Waals surface area contributed by atoms with Gasteiger partial charge in [0.2, 0.25) is 0 Å². The third-order valence-corrected chi connectivity index (χ3v) is 5.55. The van der Waals surface area contributed by atoms with Crippen LogP contribution >= 0.6 is 39.3 Å². The molecule has 3 rings (SSSR count). The van der Waals surface area contributed by atoms with Crippen LogP contribution in [0.3, 0.4) is 0 Å². The number of halogens is 2. The number of ether oxygens (including phenoxy) is 1. The van der Waals surface area contributed by atoms with Gasteiger partial charge >= 0.3 is 0 Å². The Morgan fingerprint density at radius 2 is 2.04 bits per heavy atom. The zero-order valence-electron chi connectivity index (χ0n) is 14.2. The third kappa shape index (κ3) is 4.31. The number of benzene rings is 2. The minimum Gasteiger partial charge on any atom is -0.504 e. The second kappa shape index (κ2) is 8.37. The minimum atomic E-state index is -0.428. The molecular weight excluding hydrogens is 454 g/mol. The van der Waals surface area contributed by atoms with Gasteiger partial charge in [0.15, 0.2) is 11.5 Å². The molecule has 0 saturated carbocycles. The number of imide groups is 1. The van der Waals surface area contributed by atoms with Gasteiger partial charge in [-0.1, -0.05) is 45.7 Å². The summed E-state index contributed by atoms with van der Waals surface area (Å²) >= 11 is 10.3. The molecular formula is C19H15BrClNO4S. The molecule has 0 aromatic heterocycles. The Kier molecular flexibility index (Phi) is 6.14. The first-order chi connectivity index (χ1) is 12.9. The van der Waals surface area contributed by atoms with Crippen LogP contribution in [0.25, 0.3) is 6.08 Å². The number of phenolic OH excluding ortho intramolecular Hbond substituents is 1. The van der Waals surface area contributed by atoms with Gasteiger partial charge in [0.1, 0.15) is 0 Å². The number of rotatable bonds is 5. The highest BCUT2D eigenvalue weighted by Gasteiger charge is 2.35. The largest absolute Gasteiger partial charge is 0.504 e. The van der Waals surface area contributed by atoms with E-state index in [2.05, 4.69) is 15.9 Å². The molecule has 2 amide bonds. The van der Waals surface area contributed by atoms with E-state index in [9.17, 15) is 14.7 Å². The second-order valence-corrected chi connectivity index (χ2v) is 7.95. The van der Waals surface area contributed by atoms with Gasteiger partial charge < -0.3 is 9.84 Å². The summed E-state index contributed by atoms with van der Waals surface area (Å²) in [7, 11) is 0. The van der Waals surface area contributed by atoms with Gasteiger partial charge in [-0.2, -0.15) is 0 Å². The van der Waals surface area contributed by atoms with Crippen molar-refractivity contribution in [3.8, 4) is 11.5 Å². The maximum atomic E-state index is 12.7. The first kappa shape index (κ1) is 19.8. The zero-order valence-corrected chi connectivity index (χ0v) is 17.4. The number of amides is 2. The van der Waals surface area contributed by atoms with E-state index in [1.807, 2.05) is 0 Å². The van der Waals surface area contributed by atoms with E-state index in [-0.39, 0.29) is 22.4 Å². The number of phenols is 1. The number of hydrogen-bond donors (Lipinski definition) is 1. The number of aromatic hydroxyl groups is 1. The highest BCUT2D eigenvalue weighted by atomic mass is 79.9. The predicted octanol–water partition coefficient (Wildman–Crippen LogP) is 5.44. The fourth-order valence-electron chi connectivity index (χ4n) is 2.54. The molecule has 140 valence electrons. The lowest BCUT2D eigenvalue weighted by atomic mass is 10.1. The summed E-state index contributed by atoms with van der Waals surface area (Å²) < 4.78 is 6.08. The maximum Gasteiger partial charge on any atom is 0.293 e. The van der Waals surface area contributed by atoms with E-state index in [0.29, 0.717) is 33.0 Å². The van der Waals surface area contributed by atoms with Gasteiger partial charge in [-0.15, -0.1) is 0 Å². The lowest BCUT2D eigenvalue weighted by molar-refractivity contribution is -0.123. The first-order valence-corrected chi connectivity index (χ1v) is 10.0. The monoisotopic (exact) mass is 467 g/mol. The highest BCUT2D eigenvalue weighted by molar-refractivity contribution is 9.10. The van der Waals surface area contributed by atoms with Crippen molar-refractivity contribution in [2.24, 2.45) is 0 Å². The molecule has 1 heterocycles. The summed E-state index contributed by atoms with van der Waals surface area (Å²) in [5.74, 6) is -0.214. The minimum absolute atomic E-state index is 0.0852. The Labute approximate surface area is 174 Å². The van der Waals surface area contributed by atoms with E-state index >= 15 is 0 Å². The van der Waals surface area contributed by atoms with Crippen LogP contribution in [0.2, 0.25) is 5.02 Å². The molecule has 5 nitrogen and oxygen atoms in total. The van der Waals surface area contributed by atoms with Crippen LogP contribution in [-0.2, 0) is 11.3 Å². The second-order valence-electron chi connectivity index (χ2n) is 5.63. The van der Waals surface area contributed by atoms with Crippen LogP contribution in [0.1, 0.15) is 18.1 Å². The van der Waals surface area contributed by atoms with Crippen molar-refractivity contribution in [3.05, 3.63) is 61.9 Å². The number of carbonyl (C=O) groups excluding carboxylic acids is 2. The summed E-state index contributed by atoms with van der Waals surface area (Å²) in [6.07, 6.45) is 1.49. The molecule has 1 saturated heterocycles. The van der Waals surface area contributed by atoms with Crippen molar-refractivity contribution in [1.29, 1.82) is 0 Å². The summed E-state index contributed by atoms with van der Waals surface area (Å²) in [5, 5.41) is 10.5. The highest BCUT2D eigenvalue weighted by Crippen LogP contribution is 2.39. The van der Waals surface area contributed by atoms with Crippen LogP contribution in [0.4, 0.5) is 4.79 Å². The van der Waals surface area contributed by atoms with Crippen LogP contribution < -0.4 is 4.74 Å². The quantitative estimate of drug-likeness (QED) is 0.592. The Balaban J connectivity index is 1.90. The number of thioether (sulfide) groups is 1. The molecule has 27 heavy (non-hydrogen) atoms. The first-order valence-electron chi connectivity index (χ1n) is 8.04. The van der Waals surface area contributed by atoms with E-state index < -0.39 is 5.91 Å². The van der Waals surface area contributed by atoms with Gasteiger partial charge in [-0.05, 0) is 48.5 Å². The number of carbonyl (C=O) groups is 2. The van der Waals surface area contributed by atoms with Crippen LogP contribution in [0.5, 0.6) is 11.5 Å². The van der Waals surface area contributed by atoms with Gasteiger partial charge in [0.05, 0.1) is 18.1 Å². The average molecular weight is 469 g/mol. The fourth-order valence-corrected chi connectivity index (χ4v) is 4.02. The van der Waals surface area contributed by atoms with E-state index in [4.69, 9.17) is 16.3 Å². The lowest BCUT2D eigenvalue weighted by Crippen LogP contribution is -2.27. The predicted molar refractivity (Wildman–Crippen MR) is 110 cm³/mol. The van der Waals surface area contributed by atoms with Crippen molar-refractivity contribution in [2.45, 2.75) is 13.5 Å². The van der Waals surface area contributed by atoms with Crippen molar-refractivity contribution in [1.82, 2.24) is 4.90 Å². The molecule has 0 bridgehead atoms. The molecule has 0 atom stereocenters. The summed E-state index contributed by atoms with van der Waals surface area (Å²) in [6.45, 7) is 2.29. The van der Waals surface area contributed by atoms with Gasteiger partial charge in [0, 0.05) is 15.1 Å². The molecule has 0 radical (unpaired) electrons. The molecule has 1 fully saturated rings. The van der Waals surface area contributed by atoms with E-state index in [1.165, 1.54) is 6.08 Å². The van der Waals surface area contributed by atoms with E-state index in [1.54, 1.807) is 43.3 Å². The van der Waals surface area contributed by atoms with E-state index in [0.717, 1.165) is 16.7 Å². The molecule has 0 unspecified atom stereocenters. The van der Waals surface area contributed by atoms with Crippen LogP contribution in [0, 0.1) is 0 Å². The molecule has 1 N–H and O–H groups in total. The molecule has 0 spiro atoms. The molecule has 1 aliphatic rings. The zero-order chi connectivity index (χ0) is 19.6. The maximum absolute atomic E-state index is 12.7. The van der Waals surface area contributed by atoms with Gasteiger partial charge in [-0.3, -0.25) is 14.5 Å². The Morgan fingerprint density at radius 3 is 2.74 bits per heavy atom. The molecule has 2 aromatic carbocycles. The Bertz CT molecular complexity index is 947. The van der Waals surface area contributed by atoms with Gasteiger partial charge in [-0.25, -0.2) is 0 Å². The fraction of sp³-hybridized carbons (Fsp3) is 0.158. The molecule has 1 aliphatic heterocycles. The number of hydrogen-bond acceptors (Lipinski definition) is 5. The third-order valence-electron chi connectivity index (χ3n) is 3.82. The number of nitrogens with zero attached hydrogens (tertiary/aromatic N) is 1. The normalized spacial score (nSPS) is 15.7. The molecule has 0 aliphatic carbocycles. The van der Waals surface area contributed by atoms with Crippen molar-refractivity contribution in [3.63, 3.8) is 0 Å². The van der Waals surface area contributed by atoms with Crippen molar-refractivity contribution in [2.75, 3.05) is 6.61 Å². The van der Waals surface area contributed by atoms with Crippen LogP contribution in [-0.4, -0.2) is 27.8 Å². The summed E-state index contributed by atoms with van der Waals surface area (Å²) in [6, 6.07) is 10.3. The average Bonchev–Trinajstić information content (AvgIpc) is 2.88. The van der Waals surface area contributed by atoms with Crippen molar-refractivity contribution < 1.29 is 19.4 Å². The SMILES string of the molecule is CCOc1cc(Br)cc(/C=C2\SC(=O)N(Cc3ccccc3Cl)C2=O)c1O. The molecule has 8 heteroatoms. The van der Waals surface area contributed by atoms with Crippen LogP contribution in [0.15, 0.2) is 45.8 Å². The topological polar surface area (TPSA) is 66.8 Å². The standard InChI is InChI=1S/C19H15BrClNO4S/c1-2-26-15-9-13(20)7-12(17(15)23)8-16-18(24)22(19(25)27-16)10-11-5-3-4-6-14(11)21/h3-9,23H,2,10H2,1H3/b16-8-.